The van der Waals surface area contributed by atoms with Gasteiger partial charge in [-0.15, -0.1) is 0 Å². The van der Waals surface area contributed by atoms with Crippen molar-refractivity contribution < 1.29 is 9.53 Å². The van der Waals surface area contributed by atoms with Crippen molar-refractivity contribution in [3.8, 4) is 5.75 Å². The van der Waals surface area contributed by atoms with Gasteiger partial charge in [-0.1, -0.05) is 18.0 Å². The molecule has 4 nitrogen and oxygen atoms in total. The molecule has 2 rings (SSSR count). The van der Waals surface area contributed by atoms with Gasteiger partial charge in [0.1, 0.15) is 5.75 Å². The average Bonchev–Trinajstić information content (AvgIpc) is 2.45. The quantitative estimate of drug-likeness (QED) is 0.926. The number of halogens is 1. The van der Waals surface area contributed by atoms with Crippen LogP contribution in [0.5, 0.6) is 5.75 Å². The number of hydrogen-bond donors (Lipinski definition) is 1. The molecule has 0 bridgehead atoms. The van der Waals surface area contributed by atoms with E-state index in [1.165, 1.54) is 12.8 Å². The van der Waals surface area contributed by atoms with Gasteiger partial charge in [-0.05, 0) is 44.9 Å². The van der Waals surface area contributed by atoms with Crippen LogP contribution in [-0.4, -0.2) is 37.0 Å². The maximum atomic E-state index is 12.2. The fraction of sp³-hybridized carbons (Fsp3) is 0.562. The minimum atomic E-state index is -0.0104. The van der Waals surface area contributed by atoms with Gasteiger partial charge in [-0.25, -0.2) is 0 Å². The number of likely N-dealkylation sites (tertiary alicyclic amines) is 1. The predicted octanol–water partition coefficient (Wildman–Crippen LogP) is 3.47. The molecule has 1 fully saturated rings. The molecule has 1 amide bonds. The molecule has 1 aromatic carbocycles. The summed E-state index contributed by atoms with van der Waals surface area (Å²) in [6, 6.07) is 4.05. The molecule has 0 unspecified atom stereocenters. The topological polar surface area (TPSA) is 41.6 Å². The lowest BCUT2D eigenvalue weighted by molar-refractivity contribution is -0.118. The van der Waals surface area contributed by atoms with Crippen LogP contribution in [0.25, 0.3) is 0 Å². The summed E-state index contributed by atoms with van der Waals surface area (Å²) in [5.74, 6) is 0.578. The molecule has 0 radical (unpaired) electrons. The van der Waals surface area contributed by atoms with E-state index >= 15 is 0 Å². The third kappa shape index (κ3) is 4.11. The molecule has 0 saturated carbocycles. The first-order chi connectivity index (χ1) is 10.0. The molecule has 1 N–H and O–H groups in total. The van der Waals surface area contributed by atoms with Gasteiger partial charge in [0, 0.05) is 17.1 Å². The van der Waals surface area contributed by atoms with Crippen molar-refractivity contribution in [3.05, 3.63) is 22.7 Å². The first kappa shape index (κ1) is 16.1. The van der Waals surface area contributed by atoms with Gasteiger partial charge < -0.3 is 10.1 Å². The summed E-state index contributed by atoms with van der Waals surface area (Å²) in [7, 11) is 1.57. The van der Waals surface area contributed by atoms with Crippen molar-refractivity contribution in [1.29, 1.82) is 0 Å². The Labute approximate surface area is 131 Å². The van der Waals surface area contributed by atoms with Gasteiger partial charge in [0.05, 0.1) is 19.3 Å². The van der Waals surface area contributed by atoms with Crippen molar-refractivity contribution in [2.24, 2.45) is 0 Å². The van der Waals surface area contributed by atoms with E-state index < -0.39 is 0 Å². The van der Waals surface area contributed by atoms with E-state index in [2.05, 4.69) is 17.1 Å². The van der Waals surface area contributed by atoms with E-state index in [1.807, 2.05) is 13.0 Å². The number of hydrogen-bond acceptors (Lipinski definition) is 3. The Balaban J connectivity index is 2.03. The maximum absolute atomic E-state index is 12.2. The fourth-order valence-corrected chi connectivity index (χ4v) is 2.85. The Morgan fingerprint density at radius 1 is 1.48 bits per heavy atom. The minimum Gasteiger partial charge on any atom is -0.495 e. The third-order valence-corrected chi connectivity index (χ3v) is 4.45. The lowest BCUT2D eigenvalue weighted by Crippen LogP contribution is -2.42. The standard InChI is InChI=1S/C16H23ClN2O2/c1-11-8-14(15(21-3)9-13(11)17)18-16(20)10-19-7-5-4-6-12(19)2/h8-9,12H,4-7,10H2,1-3H3,(H,18,20)/t12-/m1/s1. The molecule has 0 aliphatic carbocycles. The largest absolute Gasteiger partial charge is 0.495 e. The van der Waals surface area contributed by atoms with Crippen LogP contribution in [0.4, 0.5) is 5.69 Å². The van der Waals surface area contributed by atoms with Crippen molar-refractivity contribution >= 4 is 23.2 Å². The number of anilines is 1. The Morgan fingerprint density at radius 3 is 2.90 bits per heavy atom. The molecular formula is C16H23ClN2O2. The number of amides is 1. The Hall–Kier alpha value is -1.26. The van der Waals surface area contributed by atoms with Crippen LogP contribution in [-0.2, 0) is 4.79 Å². The molecule has 1 aliphatic rings. The van der Waals surface area contributed by atoms with Gasteiger partial charge in [0.15, 0.2) is 0 Å². The number of piperidine rings is 1. The van der Waals surface area contributed by atoms with E-state index in [0.717, 1.165) is 18.5 Å². The van der Waals surface area contributed by atoms with Gasteiger partial charge in [-0.2, -0.15) is 0 Å². The number of carbonyl (C=O) groups excluding carboxylic acids is 1. The van der Waals surface area contributed by atoms with Crippen LogP contribution < -0.4 is 10.1 Å². The number of aryl methyl sites for hydroxylation is 1. The zero-order valence-corrected chi connectivity index (χ0v) is 13.7. The van der Waals surface area contributed by atoms with Crippen molar-refractivity contribution in [2.75, 3.05) is 25.5 Å². The van der Waals surface area contributed by atoms with Crippen LogP contribution in [0.1, 0.15) is 31.7 Å². The van der Waals surface area contributed by atoms with Gasteiger partial charge in [0.25, 0.3) is 0 Å². The zero-order chi connectivity index (χ0) is 15.4. The monoisotopic (exact) mass is 310 g/mol. The van der Waals surface area contributed by atoms with Crippen molar-refractivity contribution in [2.45, 2.75) is 39.2 Å². The molecule has 1 atom stereocenters. The Kier molecular flexibility index (Phi) is 5.48. The highest BCUT2D eigenvalue weighted by molar-refractivity contribution is 6.31. The highest BCUT2D eigenvalue weighted by Crippen LogP contribution is 2.31. The molecule has 21 heavy (non-hydrogen) atoms. The molecule has 5 heteroatoms. The van der Waals surface area contributed by atoms with Crippen LogP contribution >= 0.6 is 11.6 Å². The van der Waals surface area contributed by atoms with Crippen LogP contribution in [0.15, 0.2) is 12.1 Å². The first-order valence-electron chi connectivity index (χ1n) is 7.39. The normalized spacial score (nSPS) is 19.3. The molecule has 1 heterocycles. The summed E-state index contributed by atoms with van der Waals surface area (Å²) < 4.78 is 5.28. The number of ether oxygens (including phenoxy) is 1. The molecule has 1 aliphatic heterocycles. The molecule has 1 aromatic rings. The average molecular weight is 311 g/mol. The number of rotatable bonds is 4. The minimum absolute atomic E-state index is 0.0104. The Morgan fingerprint density at radius 2 is 2.24 bits per heavy atom. The second-order valence-electron chi connectivity index (χ2n) is 5.67. The zero-order valence-electron chi connectivity index (χ0n) is 12.9. The summed E-state index contributed by atoms with van der Waals surface area (Å²) in [4.78, 5) is 14.5. The summed E-state index contributed by atoms with van der Waals surface area (Å²) >= 11 is 6.07. The second-order valence-corrected chi connectivity index (χ2v) is 6.07. The highest BCUT2D eigenvalue weighted by atomic mass is 35.5. The molecule has 1 saturated heterocycles. The van der Waals surface area contributed by atoms with Crippen molar-refractivity contribution in [1.82, 2.24) is 4.90 Å². The van der Waals surface area contributed by atoms with Crippen LogP contribution in [0, 0.1) is 6.92 Å². The predicted molar refractivity (Wildman–Crippen MR) is 86.3 cm³/mol. The molecule has 0 aromatic heterocycles. The summed E-state index contributed by atoms with van der Waals surface area (Å²) in [6.45, 7) is 5.50. The van der Waals surface area contributed by atoms with Gasteiger partial charge in [0.2, 0.25) is 5.91 Å². The van der Waals surface area contributed by atoms with Gasteiger partial charge >= 0.3 is 0 Å². The lowest BCUT2D eigenvalue weighted by atomic mass is 10.0. The lowest BCUT2D eigenvalue weighted by Gasteiger charge is -2.32. The van der Waals surface area contributed by atoms with Crippen LogP contribution in [0.2, 0.25) is 5.02 Å². The summed E-state index contributed by atoms with van der Waals surface area (Å²) in [6.07, 6.45) is 3.58. The van der Waals surface area contributed by atoms with E-state index in [-0.39, 0.29) is 5.91 Å². The number of benzene rings is 1. The summed E-state index contributed by atoms with van der Waals surface area (Å²) in [5, 5.41) is 3.57. The molecule has 0 spiro atoms. The highest BCUT2D eigenvalue weighted by Gasteiger charge is 2.21. The SMILES string of the molecule is COc1cc(Cl)c(C)cc1NC(=O)CN1CCCC[C@H]1C. The third-order valence-electron chi connectivity index (χ3n) is 4.04. The summed E-state index contributed by atoms with van der Waals surface area (Å²) in [5.41, 5.74) is 1.59. The number of methoxy groups -OCH3 is 1. The van der Waals surface area contributed by atoms with E-state index in [1.54, 1.807) is 13.2 Å². The number of nitrogens with one attached hydrogen (secondary N) is 1. The second kappa shape index (κ2) is 7.14. The van der Waals surface area contributed by atoms with Crippen molar-refractivity contribution in [3.63, 3.8) is 0 Å². The Bertz CT molecular complexity index is 519. The molecular weight excluding hydrogens is 288 g/mol. The van der Waals surface area contributed by atoms with E-state index in [0.29, 0.717) is 29.0 Å². The first-order valence-corrected chi connectivity index (χ1v) is 7.77. The van der Waals surface area contributed by atoms with E-state index in [9.17, 15) is 4.79 Å². The van der Waals surface area contributed by atoms with Gasteiger partial charge in [-0.3, -0.25) is 9.69 Å². The number of nitrogens with zero attached hydrogens (tertiary/aromatic N) is 1. The fourth-order valence-electron chi connectivity index (χ4n) is 2.70. The van der Waals surface area contributed by atoms with E-state index in [4.69, 9.17) is 16.3 Å². The maximum Gasteiger partial charge on any atom is 0.238 e. The number of carbonyl (C=O) groups is 1. The smallest absolute Gasteiger partial charge is 0.238 e. The molecule has 116 valence electrons. The van der Waals surface area contributed by atoms with Crippen LogP contribution in [0.3, 0.4) is 0 Å².